The number of fused-ring (bicyclic) bond motifs is 1. The van der Waals surface area contributed by atoms with E-state index in [1.165, 1.54) is 12.1 Å². The number of ether oxygens (including phenoxy) is 2. The monoisotopic (exact) mass is 334 g/mol. The minimum absolute atomic E-state index is 0.0427. The van der Waals surface area contributed by atoms with Crippen molar-refractivity contribution < 1.29 is 13.9 Å². The summed E-state index contributed by atoms with van der Waals surface area (Å²) in [5, 5.41) is -0.277. The molecule has 0 radical (unpaired) electrons. The molecule has 0 bridgehead atoms. The van der Waals surface area contributed by atoms with Crippen LogP contribution in [0.15, 0.2) is 12.1 Å². The molecule has 4 nitrogen and oxygen atoms in total. The Balaban J connectivity index is 2.52. The van der Waals surface area contributed by atoms with Gasteiger partial charge in [-0.3, -0.25) is 0 Å². The van der Waals surface area contributed by atoms with Gasteiger partial charge in [0.2, 0.25) is 0 Å². The molecule has 0 aliphatic rings. The van der Waals surface area contributed by atoms with E-state index in [0.29, 0.717) is 30.0 Å². The molecule has 0 amide bonds. The molecule has 0 N–H and O–H groups in total. The highest BCUT2D eigenvalue weighted by Crippen LogP contribution is 2.28. The lowest BCUT2D eigenvalue weighted by Crippen LogP contribution is -2.25. The highest BCUT2D eigenvalue weighted by Gasteiger charge is 2.19. The van der Waals surface area contributed by atoms with Gasteiger partial charge in [0, 0.05) is 20.3 Å². The molecule has 0 aliphatic heterocycles. The Kier molecular flexibility index (Phi) is 5.43. The Labute approximate surface area is 132 Å². The molecule has 1 aromatic heterocycles. The Hall–Kier alpha value is -0.880. The van der Waals surface area contributed by atoms with Crippen LogP contribution in [0, 0.1) is 5.82 Å². The number of hydrogen-bond acceptors (Lipinski definition) is 3. The minimum atomic E-state index is -0.486. The third-order valence-electron chi connectivity index (χ3n) is 3.25. The Bertz CT molecular complexity index is 631. The molecule has 116 valence electrons. The van der Waals surface area contributed by atoms with E-state index in [2.05, 4.69) is 4.98 Å². The number of rotatable bonds is 6. The second-order valence-electron chi connectivity index (χ2n) is 4.76. The van der Waals surface area contributed by atoms with E-state index in [-0.39, 0.29) is 16.5 Å². The van der Waals surface area contributed by atoms with Crippen LogP contribution in [-0.2, 0) is 16.0 Å². The molecule has 0 aliphatic carbocycles. The zero-order valence-corrected chi connectivity index (χ0v) is 13.6. The predicted molar refractivity (Wildman–Crippen MR) is 81.6 cm³/mol. The average Bonchev–Trinajstić information content (AvgIpc) is 2.77. The Morgan fingerprint density at radius 2 is 2.10 bits per heavy atom. The lowest BCUT2D eigenvalue weighted by Gasteiger charge is -2.18. The van der Waals surface area contributed by atoms with Crippen molar-refractivity contribution >= 4 is 34.2 Å². The quantitative estimate of drug-likeness (QED) is 0.754. The zero-order chi connectivity index (χ0) is 15.6. The second kappa shape index (κ2) is 6.92. The molecule has 7 heteroatoms. The van der Waals surface area contributed by atoms with Gasteiger partial charge < -0.3 is 14.0 Å². The van der Waals surface area contributed by atoms with Crippen molar-refractivity contribution in [1.29, 1.82) is 0 Å². The fourth-order valence-corrected chi connectivity index (χ4v) is 2.54. The highest BCUT2D eigenvalue weighted by atomic mass is 35.5. The van der Waals surface area contributed by atoms with E-state index < -0.39 is 5.82 Å². The summed E-state index contributed by atoms with van der Waals surface area (Å²) in [4.78, 5) is 4.45. The van der Waals surface area contributed by atoms with E-state index in [1.807, 2.05) is 11.5 Å². The molecule has 2 unspecified atom stereocenters. The zero-order valence-electron chi connectivity index (χ0n) is 12.1. The Morgan fingerprint density at radius 3 is 2.67 bits per heavy atom. The number of imidazole rings is 1. The SMILES string of the molecule is COCC(Cn1c(C(C)Cl)nc2cc(Cl)c(F)cc21)OC. The van der Waals surface area contributed by atoms with Crippen molar-refractivity contribution in [2.75, 3.05) is 20.8 Å². The van der Waals surface area contributed by atoms with Crippen molar-refractivity contribution in [3.05, 3.63) is 28.8 Å². The Morgan fingerprint density at radius 1 is 1.38 bits per heavy atom. The van der Waals surface area contributed by atoms with Gasteiger partial charge in [-0.05, 0) is 13.0 Å². The molecular formula is C14H17Cl2FN2O2. The van der Waals surface area contributed by atoms with Gasteiger partial charge in [-0.2, -0.15) is 0 Å². The lowest BCUT2D eigenvalue weighted by atomic mass is 10.3. The number of aromatic nitrogens is 2. The van der Waals surface area contributed by atoms with Gasteiger partial charge in [0.15, 0.2) is 0 Å². The number of benzene rings is 1. The summed E-state index contributed by atoms with van der Waals surface area (Å²) in [7, 11) is 3.20. The average molecular weight is 335 g/mol. The number of methoxy groups -OCH3 is 2. The maximum atomic E-state index is 13.7. The van der Waals surface area contributed by atoms with Gasteiger partial charge in [-0.1, -0.05) is 11.6 Å². The van der Waals surface area contributed by atoms with Crippen molar-refractivity contribution in [2.24, 2.45) is 0 Å². The largest absolute Gasteiger partial charge is 0.382 e. The van der Waals surface area contributed by atoms with Gasteiger partial charge in [0.05, 0.1) is 40.7 Å². The van der Waals surface area contributed by atoms with Crippen LogP contribution >= 0.6 is 23.2 Å². The van der Waals surface area contributed by atoms with Crippen LogP contribution in [0.1, 0.15) is 18.1 Å². The topological polar surface area (TPSA) is 36.3 Å². The summed E-state index contributed by atoms with van der Waals surface area (Å²) in [5.74, 6) is 0.159. The summed E-state index contributed by atoms with van der Waals surface area (Å²) in [6.45, 7) is 2.70. The van der Waals surface area contributed by atoms with Crippen molar-refractivity contribution in [3.8, 4) is 0 Å². The highest BCUT2D eigenvalue weighted by molar-refractivity contribution is 6.31. The molecule has 2 atom stereocenters. The maximum absolute atomic E-state index is 13.7. The van der Waals surface area contributed by atoms with Gasteiger partial charge in [0.1, 0.15) is 11.6 Å². The van der Waals surface area contributed by atoms with Crippen LogP contribution in [0.3, 0.4) is 0 Å². The summed E-state index contributed by atoms with van der Waals surface area (Å²) in [6.07, 6.45) is -0.180. The van der Waals surface area contributed by atoms with E-state index in [0.717, 1.165) is 0 Å². The number of alkyl halides is 1. The van der Waals surface area contributed by atoms with Crippen molar-refractivity contribution in [1.82, 2.24) is 9.55 Å². The van der Waals surface area contributed by atoms with Crippen LogP contribution in [0.4, 0.5) is 4.39 Å². The van der Waals surface area contributed by atoms with E-state index in [1.54, 1.807) is 14.2 Å². The molecule has 0 spiro atoms. The first-order chi connectivity index (χ1) is 9.97. The molecule has 2 rings (SSSR count). The van der Waals surface area contributed by atoms with E-state index >= 15 is 0 Å². The summed E-state index contributed by atoms with van der Waals surface area (Å²) < 4.78 is 26.1. The van der Waals surface area contributed by atoms with E-state index in [4.69, 9.17) is 32.7 Å². The second-order valence-corrected chi connectivity index (χ2v) is 5.83. The molecule has 1 aromatic carbocycles. The van der Waals surface area contributed by atoms with Crippen LogP contribution in [0.5, 0.6) is 0 Å². The van der Waals surface area contributed by atoms with Gasteiger partial charge >= 0.3 is 0 Å². The predicted octanol–water partition coefficient (Wildman–Crippen LogP) is 3.79. The van der Waals surface area contributed by atoms with E-state index in [9.17, 15) is 4.39 Å². The molecule has 0 saturated heterocycles. The standard InChI is InChI=1S/C14H17Cl2FN2O2/c1-8(15)14-18-12-4-10(16)11(17)5-13(12)19(14)6-9(21-3)7-20-2/h4-5,8-9H,6-7H2,1-3H3. The molecule has 1 heterocycles. The fourth-order valence-electron chi connectivity index (χ4n) is 2.22. The molecule has 0 fully saturated rings. The van der Waals surface area contributed by atoms with Gasteiger partial charge in [0.25, 0.3) is 0 Å². The third kappa shape index (κ3) is 3.48. The molecule has 0 saturated carbocycles. The molecule has 2 aromatic rings. The normalized spacial score (nSPS) is 14.6. The summed E-state index contributed by atoms with van der Waals surface area (Å²) >= 11 is 12.0. The number of nitrogens with zero attached hydrogens (tertiary/aromatic N) is 2. The first-order valence-electron chi connectivity index (χ1n) is 6.48. The lowest BCUT2D eigenvalue weighted by molar-refractivity contribution is 0.0185. The third-order valence-corrected chi connectivity index (χ3v) is 3.73. The first kappa shape index (κ1) is 16.5. The summed E-state index contributed by atoms with van der Waals surface area (Å²) in [5.41, 5.74) is 1.24. The minimum Gasteiger partial charge on any atom is -0.382 e. The van der Waals surface area contributed by atoms with Gasteiger partial charge in [-0.25, -0.2) is 9.37 Å². The van der Waals surface area contributed by atoms with Crippen molar-refractivity contribution in [3.63, 3.8) is 0 Å². The summed E-state index contributed by atoms with van der Waals surface area (Å²) in [6, 6.07) is 2.87. The first-order valence-corrected chi connectivity index (χ1v) is 7.30. The number of halogens is 3. The van der Waals surface area contributed by atoms with Crippen LogP contribution in [0.2, 0.25) is 5.02 Å². The molecular weight excluding hydrogens is 318 g/mol. The van der Waals surface area contributed by atoms with Crippen LogP contribution < -0.4 is 0 Å². The van der Waals surface area contributed by atoms with Crippen LogP contribution in [-0.4, -0.2) is 36.5 Å². The van der Waals surface area contributed by atoms with Crippen molar-refractivity contribution in [2.45, 2.75) is 24.9 Å². The van der Waals surface area contributed by atoms with Crippen LogP contribution in [0.25, 0.3) is 11.0 Å². The molecule has 21 heavy (non-hydrogen) atoms. The fraction of sp³-hybridized carbons (Fsp3) is 0.500. The van der Waals surface area contributed by atoms with Gasteiger partial charge in [-0.15, -0.1) is 11.6 Å². The maximum Gasteiger partial charge on any atom is 0.144 e. The smallest absolute Gasteiger partial charge is 0.144 e. The number of hydrogen-bond donors (Lipinski definition) is 0.